The second-order valence-electron chi connectivity index (χ2n) is 11.0. The Hall–Kier alpha value is -5.34. The lowest BCUT2D eigenvalue weighted by atomic mass is 9.90. The summed E-state index contributed by atoms with van der Waals surface area (Å²) in [6.07, 6.45) is 5.31. The van der Waals surface area contributed by atoms with Crippen molar-refractivity contribution in [2.75, 3.05) is 0 Å². The van der Waals surface area contributed by atoms with Gasteiger partial charge in [-0.2, -0.15) is 9.13 Å². The summed E-state index contributed by atoms with van der Waals surface area (Å²) in [4.78, 5) is 0. The highest BCUT2D eigenvalue weighted by molar-refractivity contribution is 6.10. The quantitative estimate of drug-likeness (QED) is 0.151. The van der Waals surface area contributed by atoms with Crippen molar-refractivity contribution in [1.82, 2.24) is 0 Å². The molecule has 0 fully saturated rings. The second-order valence-corrected chi connectivity index (χ2v) is 11.0. The molecule has 0 atom stereocenters. The van der Waals surface area contributed by atoms with Gasteiger partial charge in [0.15, 0.2) is 12.4 Å². The van der Waals surface area contributed by atoms with E-state index in [1.807, 2.05) is 0 Å². The predicted molar refractivity (Wildman–Crippen MR) is 167 cm³/mol. The van der Waals surface area contributed by atoms with Crippen LogP contribution in [0.1, 0.15) is 11.1 Å². The van der Waals surface area contributed by atoms with E-state index in [0.717, 1.165) is 6.42 Å². The molecule has 0 N–H and O–H groups in total. The van der Waals surface area contributed by atoms with Gasteiger partial charge in [-0.3, -0.25) is 0 Å². The van der Waals surface area contributed by atoms with Crippen molar-refractivity contribution in [2.24, 2.45) is 0 Å². The minimum absolute atomic E-state index is 0.857. The van der Waals surface area contributed by atoms with Crippen molar-refractivity contribution < 1.29 is 9.13 Å². The average molecular weight is 523 g/mol. The Morgan fingerprint density at radius 2 is 1.17 bits per heavy atom. The first-order chi connectivity index (χ1) is 20.3. The first kappa shape index (κ1) is 22.5. The van der Waals surface area contributed by atoms with E-state index in [4.69, 9.17) is 0 Å². The number of allylic oxidation sites excluding steroid dienone is 1. The van der Waals surface area contributed by atoms with Gasteiger partial charge in [0.2, 0.25) is 11.4 Å². The highest BCUT2D eigenvalue weighted by atomic mass is 15.1. The van der Waals surface area contributed by atoms with Crippen molar-refractivity contribution in [3.8, 4) is 33.6 Å². The van der Waals surface area contributed by atoms with E-state index in [0.29, 0.717) is 0 Å². The van der Waals surface area contributed by atoms with Gasteiger partial charge in [-0.25, -0.2) is 0 Å². The van der Waals surface area contributed by atoms with E-state index in [9.17, 15) is 0 Å². The van der Waals surface area contributed by atoms with E-state index >= 15 is 0 Å². The molecule has 4 heterocycles. The Bertz CT molecular complexity index is 2220. The van der Waals surface area contributed by atoms with E-state index < -0.39 is 0 Å². The van der Waals surface area contributed by atoms with Crippen molar-refractivity contribution in [3.05, 3.63) is 157 Å². The topological polar surface area (TPSA) is 7.76 Å². The second kappa shape index (κ2) is 8.58. The van der Waals surface area contributed by atoms with Crippen molar-refractivity contribution in [1.29, 1.82) is 0 Å². The van der Waals surface area contributed by atoms with E-state index in [1.54, 1.807) is 0 Å². The molecule has 0 radical (unpaired) electrons. The van der Waals surface area contributed by atoms with E-state index in [1.165, 1.54) is 77.7 Å². The number of hydrogen-bond acceptors (Lipinski definition) is 0. The average Bonchev–Trinajstić information content (AvgIpc) is 3.36. The molecule has 0 amide bonds. The predicted octanol–water partition coefficient (Wildman–Crippen LogP) is 8.31. The fraction of sp³-hybridized carbons (Fsp3) is 0.0256. The van der Waals surface area contributed by atoms with Crippen LogP contribution in [0.4, 0.5) is 0 Å². The standard InChI is InChI=1S/C39H26N2/c1-2-10-26(11-3-1)28-17-19-30-24-38(40-20-8-6-14-36(40)33(30)22-28)39-35-25-32-29(18-16-27-12-4-5-13-31(27)32)23-34(35)37-15-7-9-21-41(37)39/h1-23,25H,24H2/q+2/b39-38+. The third kappa shape index (κ3) is 3.31. The lowest BCUT2D eigenvalue weighted by Crippen LogP contribution is -2.43. The first-order valence-electron chi connectivity index (χ1n) is 14.2. The molecule has 41 heavy (non-hydrogen) atoms. The molecule has 0 aliphatic carbocycles. The Morgan fingerprint density at radius 1 is 0.439 bits per heavy atom. The van der Waals surface area contributed by atoms with Gasteiger partial charge in [-0.1, -0.05) is 78.9 Å². The number of benzene rings is 5. The van der Waals surface area contributed by atoms with E-state index in [-0.39, 0.29) is 0 Å². The monoisotopic (exact) mass is 522 g/mol. The van der Waals surface area contributed by atoms with Crippen LogP contribution in [0.3, 0.4) is 0 Å². The van der Waals surface area contributed by atoms with Crippen LogP contribution in [0.15, 0.2) is 146 Å². The summed E-state index contributed by atoms with van der Waals surface area (Å²) in [6, 6.07) is 48.8. The highest BCUT2D eigenvalue weighted by Gasteiger charge is 2.41. The number of aromatic nitrogens is 2. The van der Waals surface area contributed by atoms with Crippen LogP contribution in [0, 0.1) is 0 Å². The summed E-state index contributed by atoms with van der Waals surface area (Å²) >= 11 is 0. The van der Waals surface area contributed by atoms with Gasteiger partial charge in [0.1, 0.15) is 0 Å². The minimum Gasteiger partial charge on any atom is -0.158 e. The van der Waals surface area contributed by atoms with Crippen LogP contribution in [-0.2, 0) is 6.42 Å². The fourth-order valence-corrected chi connectivity index (χ4v) is 6.89. The zero-order chi connectivity index (χ0) is 26.9. The molecule has 2 nitrogen and oxygen atoms in total. The molecule has 0 spiro atoms. The largest absolute Gasteiger partial charge is 0.287 e. The van der Waals surface area contributed by atoms with Crippen LogP contribution in [0.5, 0.6) is 0 Å². The van der Waals surface area contributed by atoms with Gasteiger partial charge in [0.05, 0.1) is 23.1 Å². The smallest absolute Gasteiger partial charge is 0.158 e. The Morgan fingerprint density at radius 3 is 2.05 bits per heavy atom. The lowest BCUT2D eigenvalue weighted by Gasteiger charge is -2.17. The molecule has 7 aromatic rings. The number of rotatable bonds is 1. The summed E-state index contributed by atoms with van der Waals surface area (Å²) in [5.41, 5.74) is 12.8. The van der Waals surface area contributed by atoms with Crippen molar-refractivity contribution >= 4 is 32.9 Å². The SMILES string of the molecule is c1ccc(-c2ccc3c(c2)-c2cccc[n+]2/C(=C2\c4cc5c(ccc6ccccc65)cc4-c4cccc[n+]42)C3)cc1. The van der Waals surface area contributed by atoms with E-state index in [2.05, 4.69) is 155 Å². The van der Waals surface area contributed by atoms with Crippen LogP contribution >= 0.6 is 0 Å². The van der Waals surface area contributed by atoms with Crippen molar-refractivity contribution in [2.45, 2.75) is 6.42 Å². The Balaban J connectivity index is 1.33. The molecule has 0 saturated heterocycles. The zero-order valence-electron chi connectivity index (χ0n) is 22.5. The molecule has 0 saturated carbocycles. The van der Waals surface area contributed by atoms with Gasteiger partial charge < -0.3 is 0 Å². The molecule has 0 bridgehead atoms. The summed E-state index contributed by atoms with van der Waals surface area (Å²) in [6.45, 7) is 0. The summed E-state index contributed by atoms with van der Waals surface area (Å²) < 4.78 is 4.81. The third-order valence-corrected chi connectivity index (χ3v) is 8.79. The summed E-state index contributed by atoms with van der Waals surface area (Å²) in [5.74, 6) is 0. The molecule has 0 unspecified atom stereocenters. The number of hydrogen-bond donors (Lipinski definition) is 0. The fourth-order valence-electron chi connectivity index (χ4n) is 6.89. The van der Waals surface area contributed by atoms with Crippen molar-refractivity contribution in [3.63, 3.8) is 0 Å². The van der Waals surface area contributed by atoms with Gasteiger partial charge in [-0.15, -0.1) is 0 Å². The molecule has 2 heteroatoms. The molecular weight excluding hydrogens is 496 g/mol. The Kier molecular flexibility index (Phi) is 4.70. The van der Waals surface area contributed by atoms with Crippen LogP contribution in [0.2, 0.25) is 0 Å². The molecule has 2 aliphatic heterocycles. The maximum atomic E-state index is 2.43. The summed E-state index contributed by atoms with van der Waals surface area (Å²) in [7, 11) is 0. The maximum absolute atomic E-state index is 2.43. The molecule has 9 rings (SSSR count). The molecule has 2 aliphatic rings. The van der Waals surface area contributed by atoms with Crippen LogP contribution < -0.4 is 9.13 Å². The van der Waals surface area contributed by atoms with Crippen LogP contribution in [0.25, 0.3) is 66.6 Å². The highest BCUT2D eigenvalue weighted by Crippen LogP contribution is 2.42. The third-order valence-electron chi connectivity index (χ3n) is 8.79. The van der Waals surface area contributed by atoms with Gasteiger partial charge >= 0.3 is 0 Å². The number of fused-ring (bicyclic) bond motifs is 9. The number of nitrogens with zero attached hydrogens (tertiary/aromatic N) is 2. The Labute approximate surface area is 238 Å². The lowest BCUT2D eigenvalue weighted by molar-refractivity contribution is -0.597. The van der Waals surface area contributed by atoms with Gasteiger partial charge in [0, 0.05) is 24.3 Å². The molecular formula is C39H26N2+2. The minimum atomic E-state index is 0.857. The number of pyridine rings is 2. The van der Waals surface area contributed by atoms with Gasteiger partial charge in [-0.05, 0) is 68.6 Å². The normalized spacial score (nSPS) is 14.9. The molecule has 5 aromatic carbocycles. The van der Waals surface area contributed by atoms with Crippen LogP contribution in [-0.4, -0.2) is 0 Å². The molecule has 190 valence electrons. The maximum Gasteiger partial charge on any atom is 0.287 e. The van der Waals surface area contributed by atoms with Gasteiger partial charge in [0.25, 0.3) is 11.4 Å². The first-order valence-corrected chi connectivity index (χ1v) is 14.2. The summed E-state index contributed by atoms with van der Waals surface area (Å²) in [5, 5.41) is 5.15. The zero-order valence-corrected chi connectivity index (χ0v) is 22.5. The molecule has 2 aromatic heterocycles.